The minimum atomic E-state index is -2.07. The van der Waals surface area contributed by atoms with Crippen LogP contribution in [-0.2, 0) is 4.43 Å². The van der Waals surface area contributed by atoms with Gasteiger partial charge in [0.2, 0.25) is 0 Å². The molecule has 156 valence electrons. The second kappa shape index (κ2) is 8.59. The maximum Gasteiger partial charge on any atom is 0.275 e. The largest absolute Gasteiger partial charge is 0.546 e. The van der Waals surface area contributed by atoms with E-state index in [4.69, 9.17) is 4.43 Å². The number of nitro groups is 1. The van der Waals surface area contributed by atoms with Crippen LogP contribution in [0.3, 0.4) is 0 Å². The van der Waals surface area contributed by atoms with Gasteiger partial charge < -0.3 is 9.33 Å². The second-order valence-corrected chi connectivity index (χ2v) is 13.7. The van der Waals surface area contributed by atoms with Crippen molar-refractivity contribution in [3.63, 3.8) is 0 Å². The highest BCUT2D eigenvalue weighted by Crippen LogP contribution is 2.44. The molecule has 1 aliphatic heterocycles. The summed E-state index contributed by atoms with van der Waals surface area (Å²) in [7, 11) is -2.07. The van der Waals surface area contributed by atoms with Crippen molar-refractivity contribution in [3.8, 4) is 0 Å². The smallest absolute Gasteiger partial charge is 0.275 e. The minimum absolute atomic E-state index is 0.221. The van der Waals surface area contributed by atoms with Crippen LogP contribution >= 0.6 is 0 Å². The van der Waals surface area contributed by atoms with Crippen molar-refractivity contribution in [2.24, 2.45) is 0 Å². The van der Waals surface area contributed by atoms with Crippen molar-refractivity contribution in [2.75, 3.05) is 18.0 Å². The van der Waals surface area contributed by atoms with E-state index in [0.29, 0.717) is 36.1 Å². The summed E-state index contributed by atoms with van der Waals surface area (Å²) in [5.74, 6) is -0.943. The van der Waals surface area contributed by atoms with Gasteiger partial charge >= 0.3 is 0 Å². The standard InChI is InChI=1S/C20H30F2N2O3Si/c1-13(2)28(14(3)4,15(5)6)27-17-7-9-23(10-8-17)20-18(21)11-16(24(25)26)12-19(20)22/h7,11-15H,8-10H2,1-6H3. The SMILES string of the molecule is CC(C)[Si](OC1=CCN(c2c(F)cc([N+](=O)[O-])cc2F)CC1)(C(C)C)C(C)C. The lowest BCUT2D eigenvalue weighted by atomic mass is 10.1. The van der Waals surface area contributed by atoms with Gasteiger partial charge in [-0.1, -0.05) is 41.5 Å². The van der Waals surface area contributed by atoms with E-state index in [1.54, 1.807) is 4.90 Å². The van der Waals surface area contributed by atoms with Crippen LogP contribution in [0.4, 0.5) is 20.2 Å². The molecule has 0 aromatic heterocycles. The molecule has 0 fully saturated rings. The first-order valence-electron chi connectivity index (χ1n) is 9.77. The molecule has 0 bridgehead atoms. The van der Waals surface area contributed by atoms with Crippen molar-refractivity contribution < 1.29 is 18.1 Å². The molecule has 28 heavy (non-hydrogen) atoms. The van der Waals surface area contributed by atoms with Gasteiger partial charge in [0.05, 0.1) is 22.8 Å². The highest BCUT2D eigenvalue weighted by atomic mass is 28.4. The van der Waals surface area contributed by atoms with Gasteiger partial charge in [-0.2, -0.15) is 0 Å². The Bertz CT molecular complexity index is 721. The molecular weight excluding hydrogens is 382 g/mol. The highest BCUT2D eigenvalue weighted by Gasteiger charge is 2.47. The number of halogens is 2. The van der Waals surface area contributed by atoms with Gasteiger partial charge in [0.25, 0.3) is 14.0 Å². The van der Waals surface area contributed by atoms with E-state index in [0.717, 1.165) is 17.9 Å². The molecular formula is C20H30F2N2O3Si. The van der Waals surface area contributed by atoms with E-state index in [1.165, 1.54) is 0 Å². The van der Waals surface area contributed by atoms with Gasteiger partial charge in [-0.3, -0.25) is 10.1 Å². The Balaban J connectivity index is 2.24. The molecule has 8 heteroatoms. The molecule has 1 aromatic rings. The summed E-state index contributed by atoms with van der Waals surface area (Å²) in [5.41, 5.74) is 0.515. The Morgan fingerprint density at radius 2 is 1.57 bits per heavy atom. The van der Waals surface area contributed by atoms with Crippen LogP contribution in [0.15, 0.2) is 24.0 Å². The third-order valence-electron chi connectivity index (χ3n) is 5.71. The lowest BCUT2D eigenvalue weighted by Crippen LogP contribution is -2.48. The zero-order valence-electron chi connectivity index (χ0n) is 17.5. The molecule has 2 rings (SSSR count). The van der Waals surface area contributed by atoms with Gasteiger partial charge in [-0.05, 0) is 22.7 Å². The minimum Gasteiger partial charge on any atom is -0.546 e. The Kier molecular flexibility index (Phi) is 6.85. The summed E-state index contributed by atoms with van der Waals surface area (Å²) < 4.78 is 35.3. The summed E-state index contributed by atoms with van der Waals surface area (Å²) >= 11 is 0. The Morgan fingerprint density at radius 1 is 1.07 bits per heavy atom. The Morgan fingerprint density at radius 3 is 1.93 bits per heavy atom. The van der Waals surface area contributed by atoms with Gasteiger partial charge in [-0.25, -0.2) is 8.78 Å². The fourth-order valence-corrected chi connectivity index (χ4v) is 9.83. The average molecular weight is 413 g/mol. The molecule has 0 unspecified atom stereocenters. The lowest BCUT2D eigenvalue weighted by molar-refractivity contribution is -0.385. The first-order valence-corrected chi connectivity index (χ1v) is 11.9. The quantitative estimate of drug-likeness (QED) is 0.306. The predicted molar refractivity (Wildman–Crippen MR) is 110 cm³/mol. The predicted octanol–water partition coefficient (Wildman–Crippen LogP) is 6.16. The number of benzene rings is 1. The molecule has 0 amide bonds. The van der Waals surface area contributed by atoms with Crippen LogP contribution in [0.5, 0.6) is 0 Å². The number of anilines is 1. The molecule has 1 heterocycles. The fraction of sp³-hybridized carbons (Fsp3) is 0.600. The molecule has 0 spiro atoms. The maximum atomic E-state index is 14.3. The zero-order valence-corrected chi connectivity index (χ0v) is 18.5. The average Bonchev–Trinajstić information content (AvgIpc) is 2.59. The molecule has 5 nitrogen and oxygen atoms in total. The number of hydrogen-bond donors (Lipinski definition) is 0. The van der Waals surface area contributed by atoms with E-state index >= 15 is 0 Å². The second-order valence-electron chi connectivity index (χ2n) is 8.30. The summed E-state index contributed by atoms with van der Waals surface area (Å²) in [5, 5.41) is 10.8. The molecule has 1 aromatic carbocycles. The van der Waals surface area contributed by atoms with Crippen LogP contribution < -0.4 is 4.90 Å². The third-order valence-corrected chi connectivity index (χ3v) is 11.7. The summed E-state index contributed by atoms with van der Waals surface area (Å²) in [6.07, 6.45) is 2.44. The van der Waals surface area contributed by atoms with Crippen LogP contribution in [0, 0.1) is 21.7 Å². The molecule has 0 radical (unpaired) electrons. The monoisotopic (exact) mass is 412 g/mol. The zero-order chi connectivity index (χ0) is 21.2. The topological polar surface area (TPSA) is 55.6 Å². The number of rotatable bonds is 7. The molecule has 0 saturated carbocycles. The molecule has 0 aliphatic carbocycles. The highest BCUT2D eigenvalue weighted by molar-refractivity contribution is 6.77. The van der Waals surface area contributed by atoms with Gasteiger partial charge in [-0.15, -0.1) is 0 Å². The van der Waals surface area contributed by atoms with Gasteiger partial charge in [0.15, 0.2) is 11.6 Å². The lowest BCUT2D eigenvalue weighted by Gasteiger charge is -2.44. The molecule has 0 saturated heterocycles. The van der Waals surface area contributed by atoms with Crippen LogP contribution in [0.1, 0.15) is 48.0 Å². The van der Waals surface area contributed by atoms with Crippen LogP contribution in [0.25, 0.3) is 0 Å². The third kappa shape index (κ3) is 4.21. The Labute approximate surface area is 166 Å². The van der Waals surface area contributed by atoms with Crippen LogP contribution in [-0.4, -0.2) is 26.3 Å². The number of non-ortho nitro benzene ring substituents is 1. The van der Waals surface area contributed by atoms with E-state index < -0.39 is 30.6 Å². The number of nitrogens with zero attached hydrogens (tertiary/aromatic N) is 2. The Hall–Kier alpha value is -1.96. The number of hydrogen-bond acceptors (Lipinski definition) is 4. The van der Waals surface area contributed by atoms with Crippen molar-refractivity contribution in [1.82, 2.24) is 0 Å². The van der Waals surface area contributed by atoms with Crippen molar-refractivity contribution in [2.45, 2.75) is 64.6 Å². The number of nitro benzene ring substituents is 1. The molecule has 1 aliphatic rings. The molecule has 0 atom stereocenters. The fourth-order valence-electron chi connectivity index (χ4n) is 4.49. The summed E-state index contributed by atoms with van der Waals surface area (Å²) in [4.78, 5) is 11.5. The first-order chi connectivity index (χ1) is 13.0. The van der Waals surface area contributed by atoms with Crippen molar-refractivity contribution in [1.29, 1.82) is 0 Å². The summed E-state index contributed by atoms with van der Waals surface area (Å²) in [6.45, 7) is 14.0. The van der Waals surface area contributed by atoms with Crippen LogP contribution in [0.2, 0.25) is 16.6 Å². The maximum absolute atomic E-state index is 14.3. The first kappa shape index (κ1) is 22.3. The summed E-state index contributed by atoms with van der Waals surface area (Å²) in [6, 6.07) is 1.53. The van der Waals surface area contributed by atoms with E-state index in [9.17, 15) is 18.9 Å². The van der Waals surface area contributed by atoms with Crippen molar-refractivity contribution >= 4 is 19.7 Å². The van der Waals surface area contributed by atoms with Gasteiger partial charge in [0, 0.05) is 19.5 Å². The van der Waals surface area contributed by atoms with E-state index in [-0.39, 0.29) is 5.69 Å². The van der Waals surface area contributed by atoms with Crippen molar-refractivity contribution in [3.05, 3.63) is 45.7 Å². The van der Waals surface area contributed by atoms with E-state index in [2.05, 4.69) is 41.5 Å². The van der Waals surface area contributed by atoms with E-state index in [1.807, 2.05) is 6.08 Å². The molecule has 0 N–H and O–H groups in total. The van der Waals surface area contributed by atoms with Gasteiger partial charge in [0.1, 0.15) is 5.69 Å². The normalized spacial score (nSPS) is 15.4.